The van der Waals surface area contributed by atoms with Gasteiger partial charge >= 0.3 is 0 Å². The molecule has 142 valence electrons. The number of carbonyl (C=O) groups is 2. The molecule has 3 heterocycles. The van der Waals surface area contributed by atoms with E-state index in [4.69, 9.17) is 9.26 Å². The maximum Gasteiger partial charge on any atom is 0.255 e. The summed E-state index contributed by atoms with van der Waals surface area (Å²) < 4.78 is 11.3. The van der Waals surface area contributed by atoms with Gasteiger partial charge < -0.3 is 19.9 Å². The highest BCUT2D eigenvalue weighted by Gasteiger charge is 2.41. The van der Waals surface area contributed by atoms with Crippen LogP contribution in [0.15, 0.2) is 34.9 Å². The Morgan fingerprint density at radius 2 is 2.26 bits per heavy atom. The second-order valence-corrected chi connectivity index (χ2v) is 7.15. The summed E-state index contributed by atoms with van der Waals surface area (Å²) in [5, 5.41) is 9.48. The number of fused-ring (bicyclic) bond motifs is 1. The number of carbonyl (C=O) groups excluding carboxylic acids is 2. The third-order valence-electron chi connectivity index (χ3n) is 4.91. The number of aromatic nitrogens is 1. The highest BCUT2D eigenvalue weighted by Crippen LogP contribution is 2.31. The van der Waals surface area contributed by atoms with Crippen molar-refractivity contribution >= 4 is 17.6 Å². The van der Waals surface area contributed by atoms with Crippen molar-refractivity contribution in [2.75, 3.05) is 31.5 Å². The molecule has 1 aromatic carbocycles. The molecule has 2 aromatic rings. The molecule has 0 aliphatic carbocycles. The average molecular weight is 370 g/mol. The first kappa shape index (κ1) is 17.5. The van der Waals surface area contributed by atoms with Crippen molar-refractivity contribution in [1.29, 1.82) is 0 Å². The van der Waals surface area contributed by atoms with Crippen LogP contribution in [-0.4, -0.2) is 53.7 Å². The minimum absolute atomic E-state index is 0.126. The number of hydrogen-bond donors (Lipinski definition) is 2. The molecule has 2 N–H and O–H groups in total. The van der Waals surface area contributed by atoms with Crippen molar-refractivity contribution in [1.82, 2.24) is 15.4 Å². The lowest BCUT2D eigenvalue weighted by atomic mass is 9.92. The highest BCUT2D eigenvalue weighted by atomic mass is 16.5. The van der Waals surface area contributed by atoms with Gasteiger partial charge in [0.25, 0.3) is 5.91 Å². The van der Waals surface area contributed by atoms with Crippen molar-refractivity contribution in [2.45, 2.75) is 25.4 Å². The fourth-order valence-electron chi connectivity index (χ4n) is 3.71. The van der Waals surface area contributed by atoms with E-state index < -0.39 is 5.60 Å². The van der Waals surface area contributed by atoms with Gasteiger partial charge in [0.05, 0.1) is 18.7 Å². The van der Waals surface area contributed by atoms with Crippen LogP contribution >= 0.6 is 0 Å². The lowest BCUT2D eigenvalue weighted by Crippen LogP contribution is -2.57. The van der Waals surface area contributed by atoms with E-state index in [2.05, 4.69) is 15.8 Å². The lowest BCUT2D eigenvalue weighted by Gasteiger charge is -2.41. The molecule has 8 nitrogen and oxygen atoms in total. The predicted octanol–water partition coefficient (Wildman–Crippen LogP) is 1.58. The number of aryl methyl sites for hydroxylation is 1. The molecule has 27 heavy (non-hydrogen) atoms. The van der Waals surface area contributed by atoms with Gasteiger partial charge in [-0.3, -0.25) is 14.5 Å². The van der Waals surface area contributed by atoms with Crippen LogP contribution < -0.4 is 15.4 Å². The number of rotatable bonds is 3. The lowest BCUT2D eigenvalue weighted by molar-refractivity contribution is -0.118. The Labute approximate surface area is 156 Å². The molecule has 2 aliphatic heterocycles. The third kappa shape index (κ3) is 3.80. The van der Waals surface area contributed by atoms with E-state index in [1.54, 1.807) is 19.1 Å². The van der Waals surface area contributed by atoms with Gasteiger partial charge in [-0.25, -0.2) is 0 Å². The number of nitrogens with one attached hydrogen (secondary N) is 2. The van der Waals surface area contributed by atoms with Crippen LogP contribution in [0, 0.1) is 6.92 Å². The Bertz CT molecular complexity index is 865. The molecule has 0 radical (unpaired) electrons. The zero-order chi connectivity index (χ0) is 18.9. The number of amides is 2. The second kappa shape index (κ2) is 7.03. The van der Waals surface area contributed by atoms with Crippen LogP contribution in [0.2, 0.25) is 0 Å². The first-order valence-corrected chi connectivity index (χ1v) is 9.05. The summed E-state index contributed by atoms with van der Waals surface area (Å²) in [5.74, 6) is 1.37. The molecule has 2 aliphatic rings. The molecule has 1 aromatic heterocycles. The van der Waals surface area contributed by atoms with Crippen molar-refractivity contribution in [3.63, 3.8) is 0 Å². The van der Waals surface area contributed by atoms with Crippen LogP contribution in [0.1, 0.15) is 29.0 Å². The molecule has 1 fully saturated rings. The van der Waals surface area contributed by atoms with E-state index in [1.165, 1.54) is 0 Å². The quantitative estimate of drug-likeness (QED) is 0.852. The molecule has 0 saturated carbocycles. The van der Waals surface area contributed by atoms with Gasteiger partial charge in [0.1, 0.15) is 17.1 Å². The third-order valence-corrected chi connectivity index (χ3v) is 4.91. The van der Waals surface area contributed by atoms with Crippen LogP contribution in [0.4, 0.5) is 5.82 Å². The standard InChI is InChI=1S/C19H22N4O4/c1-13-9-16(22-27-13)21-17(24)10-23-8-4-7-19(12-23)11-20-18(25)14-5-2-3-6-15(14)26-19/h2-3,5-6,9H,4,7-8,10-12H2,1H3,(H,20,25)(H,21,22,24)/t19-/m0/s1. The molecule has 1 saturated heterocycles. The largest absolute Gasteiger partial charge is 0.483 e. The topological polar surface area (TPSA) is 96.7 Å². The first-order chi connectivity index (χ1) is 13.0. The Morgan fingerprint density at radius 3 is 3.07 bits per heavy atom. The van der Waals surface area contributed by atoms with Crippen LogP contribution in [0.3, 0.4) is 0 Å². The van der Waals surface area contributed by atoms with E-state index in [1.807, 2.05) is 23.1 Å². The summed E-state index contributed by atoms with van der Waals surface area (Å²) in [6.07, 6.45) is 1.70. The van der Waals surface area contributed by atoms with Gasteiger partial charge in [-0.2, -0.15) is 0 Å². The van der Waals surface area contributed by atoms with Gasteiger partial charge in [-0.1, -0.05) is 17.3 Å². The van der Waals surface area contributed by atoms with E-state index in [-0.39, 0.29) is 18.4 Å². The molecular weight excluding hydrogens is 348 g/mol. The molecule has 1 spiro atoms. The summed E-state index contributed by atoms with van der Waals surface area (Å²) in [5.41, 5.74) is 0.0105. The number of ether oxygens (including phenoxy) is 1. The van der Waals surface area contributed by atoms with Crippen LogP contribution in [0.5, 0.6) is 5.75 Å². The Hall–Kier alpha value is -2.87. The van der Waals surface area contributed by atoms with Crippen molar-refractivity contribution < 1.29 is 18.8 Å². The zero-order valence-corrected chi connectivity index (χ0v) is 15.2. The summed E-state index contributed by atoms with van der Waals surface area (Å²) in [6.45, 7) is 3.78. The SMILES string of the molecule is Cc1cc(NC(=O)CN2CCC[C@]3(CNC(=O)c4ccccc4O3)C2)no1. The summed E-state index contributed by atoms with van der Waals surface area (Å²) in [6, 6.07) is 8.94. The molecule has 8 heteroatoms. The van der Waals surface area contributed by atoms with Crippen molar-refractivity contribution in [3.05, 3.63) is 41.7 Å². The van der Waals surface area contributed by atoms with Gasteiger partial charge in [0, 0.05) is 12.6 Å². The maximum atomic E-state index is 12.3. The zero-order valence-electron chi connectivity index (χ0n) is 15.2. The Balaban J connectivity index is 1.44. The summed E-state index contributed by atoms with van der Waals surface area (Å²) in [4.78, 5) is 26.7. The van der Waals surface area contributed by atoms with Crippen molar-refractivity contribution in [2.24, 2.45) is 0 Å². The molecular formula is C19H22N4O4. The summed E-state index contributed by atoms with van der Waals surface area (Å²) in [7, 11) is 0. The predicted molar refractivity (Wildman–Crippen MR) is 97.7 cm³/mol. The molecule has 4 rings (SSSR count). The number of benzene rings is 1. The molecule has 1 atom stereocenters. The number of nitrogens with zero attached hydrogens (tertiary/aromatic N) is 2. The normalized spacial score (nSPS) is 22.5. The van der Waals surface area contributed by atoms with Gasteiger partial charge in [0.15, 0.2) is 5.82 Å². The van der Waals surface area contributed by atoms with E-state index in [0.29, 0.717) is 36.0 Å². The number of piperidine rings is 1. The number of anilines is 1. The first-order valence-electron chi connectivity index (χ1n) is 9.05. The van der Waals surface area contributed by atoms with E-state index in [0.717, 1.165) is 19.4 Å². The Morgan fingerprint density at radius 1 is 1.41 bits per heavy atom. The monoisotopic (exact) mass is 370 g/mol. The fraction of sp³-hybridized carbons (Fsp3) is 0.421. The minimum atomic E-state index is -0.536. The maximum absolute atomic E-state index is 12.3. The Kier molecular flexibility index (Phi) is 4.57. The highest BCUT2D eigenvalue weighted by molar-refractivity contribution is 5.97. The van der Waals surface area contributed by atoms with Crippen molar-refractivity contribution in [3.8, 4) is 5.75 Å². The molecule has 0 bridgehead atoms. The summed E-state index contributed by atoms with van der Waals surface area (Å²) >= 11 is 0. The average Bonchev–Trinajstić information content (AvgIpc) is 2.99. The second-order valence-electron chi connectivity index (χ2n) is 7.15. The molecule has 0 unspecified atom stereocenters. The minimum Gasteiger partial charge on any atom is -0.483 e. The van der Waals surface area contributed by atoms with Crippen LogP contribution in [-0.2, 0) is 4.79 Å². The number of hydrogen-bond acceptors (Lipinski definition) is 6. The van der Waals surface area contributed by atoms with E-state index in [9.17, 15) is 9.59 Å². The van der Waals surface area contributed by atoms with Gasteiger partial charge in [-0.05, 0) is 38.4 Å². The van der Waals surface area contributed by atoms with Gasteiger partial charge in [-0.15, -0.1) is 0 Å². The van der Waals surface area contributed by atoms with E-state index >= 15 is 0 Å². The van der Waals surface area contributed by atoms with Gasteiger partial charge in [0.2, 0.25) is 5.91 Å². The molecule has 2 amide bonds. The number of para-hydroxylation sites is 1. The van der Waals surface area contributed by atoms with Crippen LogP contribution in [0.25, 0.3) is 0 Å². The number of likely N-dealkylation sites (tertiary alicyclic amines) is 1. The fourth-order valence-corrected chi connectivity index (χ4v) is 3.71. The smallest absolute Gasteiger partial charge is 0.255 e.